The standard InChI is InChI=1S/C17H27N3O2.2ClH/c1-20(2)9-10-22-16-6-4-3-5-14(16)12-19-17(21)13-7-8-15(18)11-13;;/h3-6,13,15H,7-12,18H2,1-2H3,(H,19,21);2*1H. The predicted molar refractivity (Wildman–Crippen MR) is 102 cm³/mol. The fourth-order valence-corrected chi connectivity index (χ4v) is 2.71. The van der Waals surface area contributed by atoms with E-state index in [0.717, 1.165) is 37.1 Å². The molecule has 1 aliphatic carbocycles. The number of hydrogen-bond donors (Lipinski definition) is 2. The molecule has 2 atom stereocenters. The molecule has 0 heterocycles. The molecule has 24 heavy (non-hydrogen) atoms. The molecule has 0 bridgehead atoms. The highest BCUT2D eigenvalue weighted by atomic mass is 35.5. The normalized spacial score (nSPS) is 19.3. The average molecular weight is 378 g/mol. The summed E-state index contributed by atoms with van der Waals surface area (Å²) in [5, 5.41) is 3.02. The minimum Gasteiger partial charge on any atom is -0.492 e. The molecule has 1 aromatic carbocycles. The predicted octanol–water partition coefficient (Wildman–Crippen LogP) is 2.21. The maximum absolute atomic E-state index is 12.2. The van der Waals surface area contributed by atoms with Crippen molar-refractivity contribution in [3.8, 4) is 5.75 Å². The molecule has 5 nitrogen and oxygen atoms in total. The number of carbonyl (C=O) groups excluding carboxylic acids is 1. The first-order valence-corrected chi connectivity index (χ1v) is 7.95. The van der Waals surface area contributed by atoms with Crippen molar-refractivity contribution in [3.63, 3.8) is 0 Å². The molecule has 0 spiro atoms. The molecule has 2 unspecified atom stereocenters. The fourth-order valence-electron chi connectivity index (χ4n) is 2.71. The fraction of sp³-hybridized carbons (Fsp3) is 0.588. The zero-order valence-electron chi connectivity index (χ0n) is 14.4. The average Bonchev–Trinajstić information content (AvgIpc) is 2.92. The largest absolute Gasteiger partial charge is 0.492 e. The van der Waals surface area contributed by atoms with E-state index in [-0.39, 0.29) is 42.7 Å². The van der Waals surface area contributed by atoms with E-state index in [0.29, 0.717) is 13.2 Å². The molecular formula is C17H29Cl2N3O2. The number of amides is 1. The smallest absolute Gasteiger partial charge is 0.223 e. The van der Waals surface area contributed by atoms with Gasteiger partial charge >= 0.3 is 0 Å². The second-order valence-corrected chi connectivity index (χ2v) is 6.25. The summed E-state index contributed by atoms with van der Waals surface area (Å²) in [6, 6.07) is 8.03. The number of rotatable bonds is 7. The minimum atomic E-state index is 0. The molecule has 2 rings (SSSR count). The highest BCUT2D eigenvalue weighted by Crippen LogP contribution is 2.24. The van der Waals surface area contributed by atoms with Crippen molar-refractivity contribution in [2.24, 2.45) is 11.7 Å². The lowest BCUT2D eigenvalue weighted by Crippen LogP contribution is -2.30. The molecule has 0 aliphatic heterocycles. The van der Waals surface area contributed by atoms with E-state index in [1.807, 2.05) is 38.4 Å². The molecule has 138 valence electrons. The highest BCUT2D eigenvalue weighted by Gasteiger charge is 2.27. The number of likely N-dealkylation sites (N-methyl/N-ethyl adjacent to an activating group) is 1. The number of nitrogens with zero attached hydrogens (tertiary/aromatic N) is 1. The second-order valence-electron chi connectivity index (χ2n) is 6.25. The van der Waals surface area contributed by atoms with Crippen LogP contribution < -0.4 is 15.8 Å². The van der Waals surface area contributed by atoms with Crippen LogP contribution in [-0.2, 0) is 11.3 Å². The monoisotopic (exact) mass is 377 g/mol. The molecular weight excluding hydrogens is 349 g/mol. The van der Waals surface area contributed by atoms with Gasteiger partial charge in [0.2, 0.25) is 5.91 Å². The zero-order valence-corrected chi connectivity index (χ0v) is 16.0. The summed E-state index contributed by atoms with van der Waals surface area (Å²) in [4.78, 5) is 14.2. The Hall–Kier alpha value is -1.01. The maximum Gasteiger partial charge on any atom is 0.223 e. The van der Waals surface area contributed by atoms with Crippen molar-refractivity contribution in [2.45, 2.75) is 31.8 Å². The Morgan fingerprint density at radius 1 is 1.29 bits per heavy atom. The van der Waals surface area contributed by atoms with E-state index in [9.17, 15) is 4.79 Å². The number of ether oxygens (including phenoxy) is 1. The van der Waals surface area contributed by atoms with Gasteiger partial charge in [0.25, 0.3) is 0 Å². The summed E-state index contributed by atoms with van der Waals surface area (Å²) in [6.45, 7) is 2.00. The number of hydrogen-bond acceptors (Lipinski definition) is 4. The Kier molecular flexibility index (Phi) is 11.0. The van der Waals surface area contributed by atoms with Gasteiger partial charge < -0.3 is 20.7 Å². The van der Waals surface area contributed by atoms with Crippen molar-refractivity contribution in [1.29, 1.82) is 0 Å². The molecule has 1 saturated carbocycles. The van der Waals surface area contributed by atoms with E-state index in [4.69, 9.17) is 10.5 Å². The van der Waals surface area contributed by atoms with Crippen LogP contribution >= 0.6 is 24.8 Å². The van der Waals surface area contributed by atoms with Crippen molar-refractivity contribution < 1.29 is 9.53 Å². The molecule has 1 fully saturated rings. The molecule has 7 heteroatoms. The third kappa shape index (κ3) is 7.26. The van der Waals surface area contributed by atoms with Crippen molar-refractivity contribution in [3.05, 3.63) is 29.8 Å². The molecule has 0 aromatic heterocycles. The van der Waals surface area contributed by atoms with Crippen molar-refractivity contribution in [2.75, 3.05) is 27.2 Å². The van der Waals surface area contributed by atoms with Gasteiger partial charge in [0.15, 0.2) is 0 Å². The number of nitrogens with two attached hydrogens (primary N) is 1. The molecule has 3 N–H and O–H groups in total. The van der Waals surface area contributed by atoms with Gasteiger partial charge in [-0.3, -0.25) is 4.79 Å². The van der Waals surface area contributed by atoms with Crippen LogP contribution in [0.15, 0.2) is 24.3 Å². The zero-order chi connectivity index (χ0) is 15.9. The van der Waals surface area contributed by atoms with E-state index in [1.54, 1.807) is 0 Å². The van der Waals surface area contributed by atoms with Crippen molar-refractivity contribution in [1.82, 2.24) is 10.2 Å². The summed E-state index contributed by atoms with van der Waals surface area (Å²) in [5.74, 6) is 1.01. The third-order valence-electron chi connectivity index (χ3n) is 4.07. The van der Waals surface area contributed by atoms with Crippen LogP contribution in [0.4, 0.5) is 0 Å². The van der Waals surface area contributed by atoms with Gasteiger partial charge in [-0.25, -0.2) is 0 Å². The third-order valence-corrected chi connectivity index (χ3v) is 4.07. The van der Waals surface area contributed by atoms with E-state index >= 15 is 0 Å². The molecule has 1 aromatic rings. The summed E-state index contributed by atoms with van der Waals surface area (Å²) in [6.07, 6.45) is 2.64. The lowest BCUT2D eigenvalue weighted by Gasteiger charge is -2.15. The lowest BCUT2D eigenvalue weighted by atomic mass is 10.1. The van der Waals surface area contributed by atoms with Crippen LogP contribution in [0.25, 0.3) is 0 Å². The Morgan fingerprint density at radius 3 is 2.62 bits per heavy atom. The minimum absolute atomic E-state index is 0. The quantitative estimate of drug-likeness (QED) is 0.764. The van der Waals surface area contributed by atoms with Gasteiger partial charge in [-0.15, -0.1) is 24.8 Å². The first-order valence-electron chi connectivity index (χ1n) is 7.95. The van der Waals surface area contributed by atoms with Gasteiger partial charge in [-0.2, -0.15) is 0 Å². The number of carbonyl (C=O) groups is 1. The topological polar surface area (TPSA) is 67.6 Å². The first kappa shape index (κ1) is 23.0. The molecule has 1 amide bonds. The number of halogens is 2. The lowest BCUT2D eigenvalue weighted by molar-refractivity contribution is -0.125. The van der Waals surface area contributed by atoms with Crippen LogP contribution in [-0.4, -0.2) is 44.1 Å². The summed E-state index contributed by atoms with van der Waals surface area (Å²) in [5.41, 5.74) is 6.88. The van der Waals surface area contributed by atoms with Crippen LogP contribution in [0, 0.1) is 5.92 Å². The van der Waals surface area contributed by atoms with Gasteiger partial charge in [-0.1, -0.05) is 18.2 Å². The van der Waals surface area contributed by atoms with Crippen LogP contribution in [0.3, 0.4) is 0 Å². The van der Waals surface area contributed by atoms with Crippen LogP contribution in [0.1, 0.15) is 24.8 Å². The van der Waals surface area contributed by atoms with E-state index in [1.165, 1.54) is 0 Å². The van der Waals surface area contributed by atoms with E-state index in [2.05, 4.69) is 10.2 Å². The Labute approximate surface area is 157 Å². The van der Waals surface area contributed by atoms with Gasteiger partial charge in [-0.05, 0) is 39.4 Å². The number of benzene rings is 1. The molecule has 0 radical (unpaired) electrons. The number of nitrogens with one attached hydrogen (secondary N) is 1. The van der Waals surface area contributed by atoms with E-state index < -0.39 is 0 Å². The Bertz CT molecular complexity index is 500. The SMILES string of the molecule is CN(C)CCOc1ccccc1CNC(=O)C1CCC(N)C1.Cl.Cl. The Morgan fingerprint density at radius 2 is 2.00 bits per heavy atom. The van der Waals surface area contributed by atoms with Crippen LogP contribution in [0.2, 0.25) is 0 Å². The number of para-hydroxylation sites is 1. The first-order chi connectivity index (χ1) is 10.6. The molecule has 0 saturated heterocycles. The Balaban J connectivity index is 0.00000264. The second kappa shape index (κ2) is 11.5. The van der Waals surface area contributed by atoms with Crippen molar-refractivity contribution >= 4 is 30.7 Å². The maximum atomic E-state index is 12.2. The molecule has 1 aliphatic rings. The van der Waals surface area contributed by atoms with Crippen LogP contribution in [0.5, 0.6) is 5.75 Å². The summed E-state index contributed by atoms with van der Waals surface area (Å²) < 4.78 is 5.81. The highest BCUT2D eigenvalue weighted by molar-refractivity contribution is 5.85. The van der Waals surface area contributed by atoms with Gasteiger partial charge in [0, 0.05) is 30.6 Å². The van der Waals surface area contributed by atoms with Gasteiger partial charge in [0.1, 0.15) is 12.4 Å². The summed E-state index contributed by atoms with van der Waals surface area (Å²) in [7, 11) is 4.03. The van der Waals surface area contributed by atoms with Gasteiger partial charge in [0.05, 0.1) is 0 Å². The summed E-state index contributed by atoms with van der Waals surface area (Å²) >= 11 is 0.